The molecular formula is C20H22N4O4S2. The average molecular weight is 447 g/mol. The van der Waals surface area contributed by atoms with Crippen LogP contribution < -0.4 is 10.9 Å². The smallest absolute Gasteiger partial charge is 0.267 e. The summed E-state index contributed by atoms with van der Waals surface area (Å²) in [5.74, 6) is 0.202. The van der Waals surface area contributed by atoms with Gasteiger partial charge in [0.2, 0.25) is 0 Å². The Balaban J connectivity index is 1.71. The van der Waals surface area contributed by atoms with Gasteiger partial charge in [0, 0.05) is 26.5 Å². The largest absolute Gasteiger partial charge is 0.383 e. The summed E-state index contributed by atoms with van der Waals surface area (Å²) in [7, 11) is 1.57. The number of anilines is 1. The summed E-state index contributed by atoms with van der Waals surface area (Å²) in [5, 5.41) is 3.25. The maximum Gasteiger partial charge on any atom is 0.267 e. The highest BCUT2D eigenvalue weighted by Crippen LogP contribution is 2.32. The summed E-state index contributed by atoms with van der Waals surface area (Å²) in [5.41, 5.74) is 0.601. The van der Waals surface area contributed by atoms with Gasteiger partial charge in [-0.05, 0) is 31.1 Å². The van der Waals surface area contributed by atoms with Crippen LogP contribution in [0.4, 0.5) is 5.82 Å². The molecule has 2 fully saturated rings. The monoisotopic (exact) mass is 446 g/mol. The molecule has 0 bridgehead atoms. The summed E-state index contributed by atoms with van der Waals surface area (Å²) in [4.78, 5) is 32.5. The Hall–Kier alpha value is -2.27. The van der Waals surface area contributed by atoms with E-state index in [0.29, 0.717) is 46.0 Å². The number of aromatic nitrogens is 2. The molecule has 0 aliphatic carbocycles. The molecule has 1 N–H and O–H groups in total. The summed E-state index contributed by atoms with van der Waals surface area (Å²) in [6, 6.07) is 5.36. The van der Waals surface area contributed by atoms with Gasteiger partial charge < -0.3 is 14.8 Å². The van der Waals surface area contributed by atoms with Crippen LogP contribution in [0, 0.1) is 0 Å². The summed E-state index contributed by atoms with van der Waals surface area (Å²) in [6.45, 7) is 2.05. The van der Waals surface area contributed by atoms with Crippen molar-refractivity contribution in [1.29, 1.82) is 0 Å². The zero-order chi connectivity index (χ0) is 21.1. The van der Waals surface area contributed by atoms with E-state index in [1.54, 1.807) is 31.5 Å². The van der Waals surface area contributed by atoms with Gasteiger partial charge in [0.25, 0.3) is 11.5 Å². The van der Waals surface area contributed by atoms with E-state index >= 15 is 0 Å². The van der Waals surface area contributed by atoms with E-state index in [2.05, 4.69) is 10.3 Å². The highest BCUT2D eigenvalue weighted by Gasteiger charge is 2.32. The lowest BCUT2D eigenvalue weighted by Gasteiger charge is -2.14. The number of carbonyl (C=O) groups is 1. The molecule has 0 unspecified atom stereocenters. The zero-order valence-electron chi connectivity index (χ0n) is 16.5. The van der Waals surface area contributed by atoms with E-state index in [4.69, 9.17) is 21.7 Å². The molecule has 0 saturated carbocycles. The van der Waals surface area contributed by atoms with E-state index in [9.17, 15) is 9.59 Å². The van der Waals surface area contributed by atoms with E-state index < -0.39 is 0 Å². The number of nitrogens with one attached hydrogen (secondary N) is 1. The number of rotatable bonds is 7. The molecule has 1 atom stereocenters. The highest BCUT2D eigenvalue weighted by molar-refractivity contribution is 8.26. The molecule has 2 saturated heterocycles. The average Bonchev–Trinajstić information content (AvgIpc) is 3.36. The first-order valence-electron chi connectivity index (χ1n) is 9.69. The van der Waals surface area contributed by atoms with Gasteiger partial charge >= 0.3 is 0 Å². The molecule has 8 nitrogen and oxygen atoms in total. The molecule has 2 aliphatic heterocycles. The van der Waals surface area contributed by atoms with Crippen molar-refractivity contribution in [2.24, 2.45) is 0 Å². The minimum Gasteiger partial charge on any atom is -0.383 e. The van der Waals surface area contributed by atoms with Crippen LogP contribution in [0.5, 0.6) is 0 Å². The maximum absolute atomic E-state index is 13.2. The number of ether oxygens (including phenoxy) is 2. The molecule has 158 valence electrons. The Labute approximate surface area is 183 Å². The van der Waals surface area contributed by atoms with Crippen LogP contribution in [-0.2, 0) is 14.3 Å². The van der Waals surface area contributed by atoms with E-state index in [1.165, 1.54) is 21.1 Å². The predicted octanol–water partition coefficient (Wildman–Crippen LogP) is 2.13. The van der Waals surface area contributed by atoms with Crippen LogP contribution in [0.25, 0.3) is 11.7 Å². The number of pyridine rings is 1. The number of amides is 1. The lowest BCUT2D eigenvalue weighted by molar-refractivity contribution is -0.122. The molecule has 0 radical (unpaired) electrons. The van der Waals surface area contributed by atoms with Gasteiger partial charge in [-0.3, -0.25) is 18.9 Å². The molecule has 2 aliphatic rings. The molecule has 10 heteroatoms. The van der Waals surface area contributed by atoms with Crippen molar-refractivity contribution in [1.82, 2.24) is 14.3 Å². The lowest BCUT2D eigenvalue weighted by atomic mass is 10.2. The third-order valence-electron chi connectivity index (χ3n) is 4.96. The Morgan fingerprint density at radius 2 is 2.30 bits per heavy atom. The Morgan fingerprint density at radius 3 is 3.07 bits per heavy atom. The van der Waals surface area contributed by atoms with Crippen LogP contribution >= 0.6 is 24.0 Å². The molecular weight excluding hydrogens is 424 g/mol. The van der Waals surface area contributed by atoms with Gasteiger partial charge in [0.1, 0.15) is 15.8 Å². The summed E-state index contributed by atoms with van der Waals surface area (Å²) in [6.07, 6.45) is 5.32. The molecule has 4 heterocycles. The first kappa shape index (κ1) is 21.0. The molecule has 2 aromatic rings. The lowest BCUT2D eigenvalue weighted by Crippen LogP contribution is -2.31. The van der Waals surface area contributed by atoms with Crippen molar-refractivity contribution in [2.75, 3.05) is 38.7 Å². The quantitative estimate of drug-likeness (QED) is 0.512. The number of thiocarbonyl (C=S) groups is 1. The van der Waals surface area contributed by atoms with Crippen molar-refractivity contribution in [2.45, 2.75) is 18.9 Å². The highest BCUT2D eigenvalue weighted by atomic mass is 32.2. The van der Waals surface area contributed by atoms with Crippen LogP contribution in [0.1, 0.15) is 18.4 Å². The Morgan fingerprint density at radius 1 is 1.43 bits per heavy atom. The van der Waals surface area contributed by atoms with Gasteiger partial charge in [0.05, 0.1) is 29.7 Å². The van der Waals surface area contributed by atoms with Crippen molar-refractivity contribution in [3.05, 3.63) is 45.2 Å². The Bertz CT molecular complexity index is 1060. The normalized spacial score (nSPS) is 20.6. The third-order valence-corrected chi connectivity index (χ3v) is 6.34. The van der Waals surface area contributed by atoms with Crippen LogP contribution in [0.15, 0.2) is 34.1 Å². The number of hydrogen-bond acceptors (Lipinski definition) is 8. The zero-order valence-corrected chi connectivity index (χ0v) is 18.1. The van der Waals surface area contributed by atoms with Gasteiger partial charge in [-0.1, -0.05) is 30.0 Å². The van der Waals surface area contributed by atoms with Crippen molar-refractivity contribution < 1.29 is 14.3 Å². The summed E-state index contributed by atoms with van der Waals surface area (Å²) >= 11 is 6.51. The summed E-state index contributed by atoms with van der Waals surface area (Å²) < 4.78 is 12.6. The van der Waals surface area contributed by atoms with Gasteiger partial charge in [0.15, 0.2) is 0 Å². The third kappa shape index (κ3) is 4.27. The minimum atomic E-state index is -0.252. The molecule has 4 rings (SSSR count). The SMILES string of the molecule is COCCN1C(=O)/C(=C\c2c(NC[C@@H]3CCCO3)nc3ccccn3c2=O)SC1=S. The van der Waals surface area contributed by atoms with E-state index in [1.807, 2.05) is 6.07 Å². The standard InChI is InChI=1S/C20H22N4O4S2/c1-27-10-8-24-19(26)15(30-20(24)29)11-14-17(21-12-13-5-4-9-28-13)22-16-6-2-3-7-23(16)18(14)25/h2-3,6-7,11,13,21H,4-5,8-10,12H2,1H3/b15-11+/t13-/m0/s1. The predicted molar refractivity (Wildman–Crippen MR) is 121 cm³/mol. The first-order valence-corrected chi connectivity index (χ1v) is 10.9. The fourth-order valence-corrected chi connectivity index (χ4v) is 4.68. The van der Waals surface area contributed by atoms with Crippen molar-refractivity contribution >= 4 is 51.7 Å². The second kappa shape index (κ2) is 9.25. The van der Waals surface area contributed by atoms with Crippen LogP contribution in [-0.4, -0.2) is 64.0 Å². The van der Waals surface area contributed by atoms with E-state index in [-0.39, 0.29) is 17.6 Å². The fraction of sp³-hybridized carbons (Fsp3) is 0.400. The van der Waals surface area contributed by atoms with Crippen molar-refractivity contribution in [3.8, 4) is 0 Å². The second-order valence-corrected chi connectivity index (χ2v) is 8.63. The van der Waals surface area contributed by atoms with Gasteiger partial charge in [-0.25, -0.2) is 4.98 Å². The molecule has 30 heavy (non-hydrogen) atoms. The van der Waals surface area contributed by atoms with Crippen LogP contribution in [0.2, 0.25) is 0 Å². The maximum atomic E-state index is 13.2. The topological polar surface area (TPSA) is 85.2 Å². The number of thioether (sulfide) groups is 1. The van der Waals surface area contributed by atoms with E-state index in [0.717, 1.165) is 19.4 Å². The number of methoxy groups -OCH3 is 1. The van der Waals surface area contributed by atoms with Crippen molar-refractivity contribution in [3.63, 3.8) is 0 Å². The number of nitrogens with zero attached hydrogens (tertiary/aromatic N) is 3. The molecule has 0 aromatic carbocycles. The number of carbonyl (C=O) groups excluding carboxylic acids is 1. The first-order chi connectivity index (χ1) is 14.6. The van der Waals surface area contributed by atoms with Crippen LogP contribution in [0.3, 0.4) is 0 Å². The van der Waals surface area contributed by atoms with Gasteiger partial charge in [-0.2, -0.15) is 0 Å². The second-order valence-electron chi connectivity index (χ2n) is 6.95. The molecule has 0 spiro atoms. The number of hydrogen-bond donors (Lipinski definition) is 1. The van der Waals surface area contributed by atoms with Gasteiger partial charge in [-0.15, -0.1) is 0 Å². The fourth-order valence-electron chi connectivity index (χ4n) is 3.39. The number of fused-ring (bicyclic) bond motifs is 1. The molecule has 2 aromatic heterocycles. The minimum absolute atomic E-state index is 0.0844. The Kier molecular flexibility index (Phi) is 6.47. The molecule has 1 amide bonds.